The summed E-state index contributed by atoms with van der Waals surface area (Å²) >= 11 is 5.92. The third kappa shape index (κ3) is 4.23. The van der Waals surface area contributed by atoms with E-state index in [1.165, 1.54) is 0 Å². The molecule has 4 aliphatic rings. The number of hydrogen-bond acceptors (Lipinski definition) is 6. The Labute approximate surface area is 184 Å². The van der Waals surface area contributed by atoms with Gasteiger partial charge in [-0.05, 0) is 44.9 Å². The van der Waals surface area contributed by atoms with Gasteiger partial charge in [-0.2, -0.15) is 0 Å². The van der Waals surface area contributed by atoms with E-state index in [2.05, 4.69) is 10.0 Å². The molecule has 0 aromatic carbocycles. The molecule has 4 amide bonds. The molecule has 4 fully saturated rings. The maximum Gasteiger partial charge on any atom is 0.249 e. The van der Waals surface area contributed by atoms with Gasteiger partial charge in [0.05, 0.1) is 22.5 Å². The number of piperidine rings is 1. The van der Waals surface area contributed by atoms with Crippen molar-refractivity contribution in [2.24, 2.45) is 11.8 Å². The lowest BCUT2D eigenvalue weighted by Crippen LogP contribution is -2.54. The third-order valence-electron chi connectivity index (χ3n) is 6.90. The summed E-state index contributed by atoms with van der Waals surface area (Å²) in [6.45, 7) is 0. The standard InChI is InChI=1S/C19H25ClFN3O6S/c20-13-8-10(2-4-14(13)21)31(29,30)23-9-1-3-11-12(7-9)19(28)24(18(11)27)15-5-6-16(25)22-17(15)26/h9-15,23H,1-8H2,(H,22,25,26). The summed E-state index contributed by atoms with van der Waals surface area (Å²) in [6.07, 6.45) is 0.0692. The van der Waals surface area contributed by atoms with E-state index in [-0.39, 0.29) is 38.5 Å². The minimum atomic E-state index is -3.76. The molecule has 0 bridgehead atoms. The first-order valence-electron chi connectivity index (χ1n) is 10.6. The highest BCUT2D eigenvalue weighted by Crippen LogP contribution is 2.40. The second kappa shape index (κ2) is 8.40. The van der Waals surface area contributed by atoms with Gasteiger partial charge >= 0.3 is 0 Å². The molecule has 31 heavy (non-hydrogen) atoms. The van der Waals surface area contributed by atoms with E-state index in [1.807, 2.05) is 0 Å². The lowest BCUT2D eigenvalue weighted by molar-refractivity contribution is -0.151. The van der Waals surface area contributed by atoms with Gasteiger partial charge in [-0.1, -0.05) is 0 Å². The minimum Gasteiger partial charge on any atom is -0.295 e. The van der Waals surface area contributed by atoms with Gasteiger partial charge in [0.1, 0.15) is 12.2 Å². The number of halogens is 2. The Morgan fingerprint density at radius 1 is 0.968 bits per heavy atom. The molecule has 7 atom stereocenters. The molecule has 0 radical (unpaired) electrons. The number of hydrogen-bond donors (Lipinski definition) is 2. The Morgan fingerprint density at radius 3 is 2.35 bits per heavy atom. The summed E-state index contributed by atoms with van der Waals surface area (Å²) in [5.74, 6) is -3.32. The zero-order valence-corrected chi connectivity index (χ0v) is 18.3. The fourth-order valence-electron chi connectivity index (χ4n) is 5.20. The van der Waals surface area contributed by atoms with Crippen molar-refractivity contribution in [2.75, 3.05) is 0 Å². The van der Waals surface area contributed by atoms with Crippen molar-refractivity contribution in [3.63, 3.8) is 0 Å². The first-order chi connectivity index (χ1) is 14.6. The predicted molar refractivity (Wildman–Crippen MR) is 107 cm³/mol. The average molecular weight is 478 g/mol. The number of sulfonamides is 1. The number of imide groups is 2. The average Bonchev–Trinajstić information content (AvgIpc) is 2.94. The van der Waals surface area contributed by atoms with Gasteiger partial charge in [0.2, 0.25) is 33.7 Å². The van der Waals surface area contributed by atoms with Gasteiger partial charge in [-0.15, -0.1) is 11.6 Å². The quantitative estimate of drug-likeness (QED) is 0.444. The Bertz CT molecular complexity index is 914. The topological polar surface area (TPSA) is 130 Å². The molecule has 12 heteroatoms. The monoisotopic (exact) mass is 477 g/mol. The van der Waals surface area contributed by atoms with Gasteiger partial charge < -0.3 is 0 Å². The molecule has 2 aliphatic heterocycles. The minimum absolute atomic E-state index is 0.0253. The molecular weight excluding hydrogens is 453 g/mol. The first-order valence-corrected chi connectivity index (χ1v) is 12.6. The third-order valence-corrected chi connectivity index (χ3v) is 9.32. The van der Waals surface area contributed by atoms with Gasteiger partial charge in [-0.25, -0.2) is 17.5 Å². The normalized spacial score (nSPS) is 39.4. The molecule has 0 spiro atoms. The number of alkyl halides is 2. The summed E-state index contributed by atoms with van der Waals surface area (Å²) < 4.78 is 41.8. The number of fused-ring (bicyclic) bond motifs is 1. The number of likely N-dealkylation sites (tertiary alicyclic amines) is 1. The van der Waals surface area contributed by atoms with Crippen LogP contribution in [0.1, 0.15) is 51.4 Å². The van der Waals surface area contributed by atoms with Crippen LogP contribution in [-0.2, 0) is 29.2 Å². The van der Waals surface area contributed by atoms with Crippen molar-refractivity contribution in [2.45, 2.75) is 80.2 Å². The molecule has 172 valence electrons. The van der Waals surface area contributed by atoms with Crippen LogP contribution in [-0.4, -0.2) is 65.8 Å². The smallest absolute Gasteiger partial charge is 0.249 e. The van der Waals surface area contributed by atoms with Crippen LogP contribution < -0.4 is 10.0 Å². The molecule has 2 heterocycles. The van der Waals surface area contributed by atoms with Crippen LogP contribution >= 0.6 is 11.6 Å². The van der Waals surface area contributed by atoms with E-state index < -0.39 is 74.4 Å². The van der Waals surface area contributed by atoms with Crippen LogP contribution in [0, 0.1) is 11.8 Å². The molecule has 2 saturated heterocycles. The molecule has 7 unspecified atom stereocenters. The fraction of sp³-hybridized carbons (Fsp3) is 0.789. The van der Waals surface area contributed by atoms with Crippen LogP contribution in [0.2, 0.25) is 0 Å². The molecule has 9 nitrogen and oxygen atoms in total. The molecule has 2 saturated carbocycles. The maximum absolute atomic E-state index is 13.6. The zero-order valence-electron chi connectivity index (χ0n) is 16.8. The maximum atomic E-state index is 13.6. The second-order valence-corrected chi connectivity index (χ2v) is 11.4. The van der Waals surface area contributed by atoms with Crippen LogP contribution in [0.4, 0.5) is 4.39 Å². The Morgan fingerprint density at radius 2 is 1.68 bits per heavy atom. The number of nitrogens with one attached hydrogen (secondary N) is 2. The van der Waals surface area contributed by atoms with Crippen LogP contribution in [0.15, 0.2) is 0 Å². The number of amides is 4. The lowest BCUT2D eigenvalue weighted by atomic mass is 9.79. The summed E-state index contributed by atoms with van der Waals surface area (Å²) in [5, 5.41) is 0.522. The Balaban J connectivity index is 1.43. The molecule has 4 rings (SSSR count). The zero-order chi connectivity index (χ0) is 22.5. The van der Waals surface area contributed by atoms with Crippen molar-refractivity contribution < 1.29 is 32.0 Å². The van der Waals surface area contributed by atoms with Crippen molar-refractivity contribution in [1.82, 2.24) is 14.9 Å². The number of nitrogens with zero attached hydrogens (tertiary/aromatic N) is 1. The van der Waals surface area contributed by atoms with Crippen LogP contribution in [0.5, 0.6) is 0 Å². The molecule has 0 aromatic rings. The summed E-state index contributed by atoms with van der Waals surface area (Å²) in [5.41, 5.74) is 0. The van der Waals surface area contributed by atoms with Crippen LogP contribution in [0.3, 0.4) is 0 Å². The number of rotatable bonds is 4. The van der Waals surface area contributed by atoms with E-state index in [0.717, 1.165) is 4.90 Å². The highest BCUT2D eigenvalue weighted by Gasteiger charge is 2.54. The van der Waals surface area contributed by atoms with Crippen molar-refractivity contribution in [3.05, 3.63) is 0 Å². The van der Waals surface area contributed by atoms with E-state index >= 15 is 0 Å². The highest BCUT2D eigenvalue weighted by molar-refractivity contribution is 7.90. The molecule has 2 N–H and O–H groups in total. The van der Waals surface area contributed by atoms with E-state index in [0.29, 0.717) is 12.8 Å². The van der Waals surface area contributed by atoms with E-state index in [1.54, 1.807) is 0 Å². The van der Waals surface area contributed by atoms with Gasteiger partial charge in [0.25, 0.3) is 0 Å². The Kier molecular flexibility index (Phi) is 6.12. The number of carbonyl (C=O) groups is 4. The van der Waals surface area contributed by atoms with Crippen LogP contribution in [0.25, 0.3) is 0 Å². The van der Waals surface area contributed by atoms with Crippen molar-refractivity contribution in [3.8, 4) is 0 Å². The van der Waals surface area contributed by atoms with Crippen molar-refractivity contribution in [1.29, 1.82) is 0 Å². The molecule has 2 aliphatic carbocycles. The molecule has 0 aromatic heterocycles. The highest BCUT2D eigenvalue weighted by atomic mass is 35.5. The van der Waals surface area contributed by atoms with Gasteiger partial charge in [0.15, 0.2) is 0 Å². The molecular formula is C19H25ClFN3O6S. The predicted octanol–water partition coefficient (Wildman–Crippen LogP) is 0.363. The van der Waals surface area contributed by atoms with Crippen molar-refractivity contribution >= 4 is 45.3 Å². The Hall–Kier alpha value is -1.59. The second-order valence-electron chi connectivity index (χ2n) is 8.87. The van der Waals surface area contributed by atoms with Gasteiger partial charge in [-0.3, -0.25) is 29.4 Å². The largest absolute Gasteiger partial charge is 0.295 e. The first kappa shape index (κ1) is 22.6. The SMILES string of the molecule is O=C1CCC(N2C(=O)C3CCC(NS(=O)(=O)C4CCC(F)C(Cl)C4)CC3C2=O)C(=O)N1. The number of carbonyl (C=O) groups excluding carboxylic acids is 4. The van der Waals surface area contributed by atoms with E-state index in [9.17, 15) is 32.0 Å². The lowest BCUT2D eigenvalue weighted by Gasteiger charge is -2.33. The summed E-state index contributed by atoms with van der Waals surface area (Å²) in [4.78, 5) is 50.3. The summed E-state index contributed by atoms with van der Waals surface area (Å²) in [6, 6.07) is -1.53. The fourth-order valence-corrected chi connectivity index (χ4v) is 7.43. The van der Waals surface area contributed by atoms with Gasteiger partial charge in [0, 0.05) is 12.5 Å². The van der Waals surface area contributed by atoms with E-state index in [4.69, 9.17) is 11.6 Å². The summed E-state index contributed by atoms with van der Waals surface area (Å²) in [7, 11) is -3.76.